The lowest BCUT2D eigenvalue weighted by molar-refractivity contribution is -0.120. The van der Waals surface area contributed by atoms with Gasteiger partial charge in [0.15, 0.2) is 0 Å². The summed E-state index contributed by atoms with van der Waals surface area (Å²) in [6, 6.07) is 15.5. The van der Waals surface area contributed by atoms with Gasteiger partial charge >= 0.3 is 0 Å². The molecule has 30 heavy (non-hydrogen) atoms. The fourth-order valence-corrected chi connectivity index (χ4v) is 4.08. The lowest BCUT2D eigenvalue weighted by Gasteiger charge is -2.16. The third-order valence-corrected chi connectivity index (χ3v) is 5.67. The summed E-state index contributed by atoms with van der Waals surface area (Å²) in [5, 5.41) is 9.04. The van der Waals surface area contributed by atoms with Crippen LogP contribution in [0.3, 0.4) is 0 Å². The number of nitrogens with zero attached hydrogens (tertiary/aromatic N) is 3. The molecule has 0 unspecified atom stereocenters. The zero-order valence-electron chi connectivity index (χ0n) is 17.4. The monoisotopic (exact) mass is 404 g/mol. The van der Waals surface area contributed by atoms with E-state index >= 15 is 0 Å². The molecule has 1 aromatic heterocycles. The number of carbonyl (C=O) groups excluding carboxylic acids is 1. The average Bonchev–Trinajstić information content (AvgIpc) is 3.26. The van der Waals surface area contributed by atoms with Crippen molar-refractivity contribution in [2.24, 2.45) is 0 Å². The Labute approximate surface area is 176 Å². The molecule has 0 bridgehead atoms. The number of benzene rings is 2. The van der Waals surface area contributed by atoms with Gasteiger partial charge in [-0.2, -0.15) is 5.10 Å². The Morgan fingerprint density at radius 2 is 1.80 bits per heavy atom. The quantitative estimate of drug-likeness (QED) is 0.657. The van der Waals surface area contributed by atoms with Gasteiger partial charge in [0.05, 0.1) is 30.6 Å². The molecule has 0 spiro atoms. The Morgan fingerprint density at radius 3 is 2.57 bits per heavy atom. The number of fused-ring (bicyclic) bond motifs is 1. The van der Waals surface area contributed by atoms with Crippen molar-refractivity contribution in [1.82, 2.24) is 20.0 Å². The van der Waals surface area contributed by atoms with E-state index in [1.54, 1.807) is 4.68 Å². The molecule has 0 aliphatic carbocycles. The van der Waals surface area contributed by atoms with Gasteiger partial charge in [-0.3, -0.25) is 9.59 Å². The molecule has 4 rings (SSSR count). The van der Waals surface area contributed by atoms with Gasteiger partial charge in [-0.25, -0.2) is 4.68 Å². The summed E-state index contributed by atoms with van der Waals surface area (Å²) in [4.78, 5) is 27.7. The highest BCUT2D eigenvalue weighted by atomic mass is 16.1. The number of hydrogen-bond donors (Lipinski definition) is 1. The predicted molar refractivity (Wildman–Crippen MR) is 118 cm³/mol. The van der Waals surface area contributed by atoms with E-state index in [9.17, 15) is 9.59 Å². The highest BCUT2D eigenvalue weighted by Crippen LogP contribution is 2.14. The van der Waals surface area contributed by atoms with E-state index < -0.39 is 0 Å². The van der Waals surface area contributed by atoms with Crippen molar-refractivity contribution in [3.8, 4) is 0 Å². The molecule has 1 fully saturated rings. The first-order valence-electron chi connectivity index (χ1n) is 10.6. The van der Waals surface area contributed by atoms with Crippen LogP contribution in [0.4, 0.5) is 0 Å². The second kappa shape index (κ2) is 9.22. The molecular weight excluding hydrogens is 376 g/mol. The fourth-order valence-electron chi connectivity index (χ4n) is 4.08. The Balaban J connectivity index is 1.51. The first-order chi connectivity index (χ1) is 14.6. The number of amides is 1. The van der Waals surface area contributed by atoms with Gasteiger partial charge < -0.3 is 10.2 Å². The summed E-state index contributed by atoms with van der Waals surface area (Å²) >= 11 is 0. The van der Waals surface area contributed by atoms with E-state index in [0.29, 0.717) is 24.9 Å². The normalized spacial score (nSPS) is 14.3. The van der Waals surface area contributed by atoms with Crippen molar-refractivity contribution in [1.29, 1.82) is 0 Å². The molecule has 2 heterocycles. The SMILES string of the molecule is Cc1cccc(CC(=O)NCc2nn(CCN3CCCC3)c(=O)c3ccccc23)c1. The van der Waals surface area contributed by atoms with E-state index in [2.05, 4.69) is 15.3 Å². The minimum atomic E-state index is -0.0698. The Kier molecular flexibility index (Phi) is 6.23. The molecule has 1 saturated heterocycles. The zero-order valence-corrected chi connectivity index (χ0v) is 17.4. The second-order valence-electron chi connectivity index (χ2n) is 8.01. The maximum Gasteiger partial charge on any atom is 0.274 e. The van der Waals surface area contributed by atoms with Gasteiger partial charge in [-0.15, -0.1) is 0 Å². The van der Waals surface area contributed by atoms with Crippen LogP contribution in [0.1, 0.15) is 29.7 Å². The van der Waals surface area contributed by atoms with Crippen molar-refractivity contribution in [2.45, 2.75) is 39.3 Å². The molecule has 0 radical (unpaired) electrons. The number of aromatic nitrogens is 2. The van der Waals surface area contributed by atoms with Gasteiger partial charge in [0, 0.05) is 11.9 Å². The maximum absolute atomic E-state index is 12.9. The molecule has 1 aliphatic heterocycles. The van der Waals surface area contributed by atoms with Crippen molar-refractivity contribution >= 4 is 16.7 Å². The molecule has 156 valence electrons. The smallest absolute Gasteiger partial charge is 0.274 e. The molecule has 1 aliphatic rings. The van der Waals surface area contributed by atoms with Gasteiger partial charge in [0.2, 0.25) is 5.91 Å². The van der Waals surface area contributed by atoms with Gasteiger partial charge in [0.1, 0.15) is 0 Å². The first-order valence-corrected chi connectivity index (χ1v) is 10.6. The van der Waals surface area contributed by atoms with E-state index in [1.807, 2.05) is 55.5 Å². The summed E-state index contributed by atoms with van der Waals surface area (Å²) in [6.45, 7) is 5.88. The summed E-state index contributed by atoms with van der Waals surface area (Å²) in [6.07, 6.45) is 2.77. The Hall–Kier alpha value is -2.99. The summed E-state index contributed by atoms with van der Waals surface area (Å²) in [5.41, 5.74) is 2.78. The number of nitrogens with one attached hydrogen (secondary N) is 1. The standard InChI is InChI=1S/C24H28N4O2/c1-18-7-6-8-19(15-18)16-23(29)25-17-22-20-9-2-3-10-21(20)24(30)28(26-22)14-13-27-11-4-5-12-27/h2-3,6-10,15H,4-5,11-14,16-17H2,1H3,(H,25,29). The molecule has 6 heteroatoms. The van der Waals surface area contributed by atoms with Crippen LogP contribution in [0.15, 0.2) is 53.3 Å². The predicted octanol–water partition coefficient (Wildman–Crippen LogP) is 2.66. The molecule has 0 atom stereocenters. The summed E-state index contributed by atoms with van der Waals surface area (Å²) in [7, 11) is 0. The Morgan fingerprint density at radius 1 is 1.03 bits per heavy atom. The van der Waals surface area contributed by atoms with Gasteiger partial charge in [-0.05, 0) is 44.5 Å². The molecule has 2 aromatic carbocycles. The largest absolute Gasteiger partial charge is 0.350 e. The van der Waals surface area contributed by atoms with E-state index in [-0.39, 0.29) is 11.5 Å². The minimum Gasteiger partial charge on any atom is -0.350 e. The third kappa shape index (κ3) is 4.76. The minimum absolute atomic E-state index is 0.0544. The number of aryl methyl sites for hydroxylation is 1. The van der Waals surface area contributed by atoms with Gasteiger partial charge in [0.25, 0.3) is 5.56 Å². The summed E-state index contributed by atoms with van der Waals surface area (Å²) in [5.74, 6) is -0.0544. The van der Waals surface area contributed by atoms with Crippen LogP contribution in [0.2, 0.25) is 0 Å². The second-order valence-corrected chi connectivity index (χ2v) is 8.01. The van der Waals surface area contributed by atoms with E-state index in [1.165, 1.54) is 12.8 Å². The highest BCUT2D eigenvalue weighted by molar-refractivity contribution is 5.84. The lowest BCUT2D eigenvalue weighted by atomic mass is 10.1. The van der Waals surface area contributed by atoms with Crippen LogP contribution in [0, 0.1) is 6.92 Å². The number of rotatable bonds is 7. The molecule has 0 saturated carbocycles. The van der Waals surface area contributed by atoms with Crippen molar-refractivity contribution in [2.75, 3.05) is 19.6 Å². The fraction of sp³-hybridized carbons (Fsp3) is 0.375. The molecule has 6 nitrogen and oxygen atoms in total. The maximum atomic E-state index is 12.9. The molecule has 1 N–H and O–H groups in total. The average molecular weight is 405 g/mol. The highest BCUT2D eigenvalue weighted by Gasteiger charge is 2.15. The molecule has 1 amide bonds. The molecular formula is C24H28N4O2. The van der Waals surface area contributed by atoms with E-state index in [4.69, 9.17) is 0 Å². The van der Waals surface area contributed by atoms with Crippen molar-refractivity contribution in [3.05, 3.63) is 75.7 Å². The van der Waals surface area contributed by atoms with Crippen LogP contribution in [0.5, 0.6) is 0 Å². The molecule has 3 aromatic rings. The van der Waals surface area contributed by atoms with Gasteiger partial charge in [-0.1, -0.05) is 48.0 Å². The Bertz CT molecular complexity index is 1100. The first kappa shape index (κ1) is 20.3. The van der Waals surface area contributed by atoms with Crippen molar-refractivity contribution < 1.29 is 4.79 Å². The van der Waals surface area contributed by atoms with Crippen LogP contribution < -0.4 is 10.9 Å². The zero-order chi connectivity index (χ0) is 20.9. The van der Waals surface area contributed by atoms with Crippen LogP contribution >= 0.6 is 0 Å². The number of carbonyl (C=O) groups is 1. The van der Waals surface area contributed by atoms with E-state index in [0.717, 1.165) is 41.8 Å². The van der Waals surface area contributed by atoms with Crippen LogP contribution in [-0.4, -0.2) is 40.2 Å². The third-order valence-electron chi connectivity index (χ3n) is 5.67. The summed E-state index contributed by atoms with van der Waals surface area (Å²) < 4.78 is 1.56. The number of likely N-dealkylation sites (tertiary alicyclic amines) is 1. The topological polar surface area (TPSA) is 67.2 Å². The lowest BCUT2D eigenvalue weighted by Crippen LogP contribution is -2.33. The van der Waals surface area contributed by atoms with Crippen LogP contribution in [0.25, 0.3) is 10.8 Å². The van der Waals surface area contributed by atoms with Crippen LogP contribution in [-0.2, 0) is 24.3 Å². The number of hydrogen-bond acceptors (Lipinski definition) is 4. The van der Waals surface area contributed by atoms with Crippen molar-refractivity contribution in [3.63, 3.8) is 0 Å².